The molecule has 0 bridgehead atoms. The van der Waals surface area contributed by atoms with Gasteiger partial charge in [-0.05, 0) is 43.0 Å². The number of hydrogen-bond acceptors (Lipinski definition) is 5. The third-order valence-electron chi connectivity index (χ3n) is 4.74. The van der Waals surface area contributed by atoms with E-state index in [9.17, 15) is 4.79 Å². The summed E-state index contributed by atoms with van der Waals surface area (Å²) in [5.41, 5.74) is 2.04. The lowest BCUT2D eigenvalue weighted by Gasteiger charge is -2.30. The second-order valence-corrected chi connectivity index (χ2v) is 6.60. The Morgan fingerprint density at radius 3 is 2.62 bits per heavy atom. The molecule has 1 aromatic heterocycles. The average Bonchev–Trinajstić information content (AvgIpc) is 2.68. The van der Waals surface area contributed by atoms with E-state index >= 15 is 0 Å². The zero-order chi connectivity index (χ0) is 18.5. The molecule has 2 heterocycles. The number of rotatable bonds is 5. The Morgan fingerprint density at radius 1 is 1.15 bits per heavy atom. The van der Waals surface area contributed by atoms with Crippen molar-refractivity contribution in [1.29, 1.82) is 0 Å². The predicted molar refractivity (Wildman–Crippen MR) is 101 cm³/mol. The molecule has 0 aliphatic carbocycles. The van der Waals surface area contributed by atoms with Crippen molar-refractivity contribution in [2.75, 3.05) is 32.6 Å². The summed E-state index contributed by atoms with van der Waals surface area (Å²) in [5.74, 6) is 2.06. The molecule has 6 heteroatoms. The van der Waals surface area contributed by atoms with E-state index < -0.39 is 0 Å². The number of methoxy groups -OCH3 is 2. The molecule has 1 aromatic carbocycles. The molecule has 2 aromatic rings. The van der Waals surface area contributed by atoms with Gasteiger partial charge in [0.2, 0.25) is 0 Å². The van der Waals surface area contributed by atoms with Gasteiger partial charge in [0.25, 0.3) is 5.91 Å². The Hall–Kier alpha value is -2.76. The third kappa shape index (κ3) is 4.07. The van der Waals surface area contributed by atoms with Gasteiger partial charge in [-0.2, -0.15) is 0 Å². The van der Waals surface area contributed by atoms with Crippen LogP contribution in [-0.4, -0.2) is 43.1 Å². The summed E-state index contributed by atoms with van der Waals surface area (Å²) < 4.78 is 10.6. The number of nitrogens with zero attached hydrogens (tertiary/aromatic N) is 2. The van der Waals surface area contributed by atoms with Gasteiger partial charge in [-0.25, -0.2) is 0 Å². The summed E-state index contributed by atoms with van der Waals surface area (Å²) in [5, 5.41) is 3.29. The van der Waals surface area contributed by atoms with Gasteiger partial charge in [-0.1, -0.05) is 6.92 Å². The fourth-order valence-electron chi connectivity index (χ4n) is 3.06. The standard InChI is InChI=1S/C20H25N3O3/c1-14-7-10-23(11-8-14)20(24)18-12-15(6-9-21-18)22-17-5-4-16(25-2)13-19(17)26-3/h4-6,9,12-14H,7-8,10-11H2,1-3H3,(H,21,22). The van der Waals surface area contributed by atoms with Crippen LogP contribution in [0.2, 0.25) is 0 Å². The lowest BCUT2D eigenvalue weighted by Crippen LogP contribution is -2.38. The van der Waals surface area contributed by atoms with Crippen LogP contribution < -0.4 is 14.8 Å². The van der Waals surface area contributed by atoms with E-state index in [-0.39, 0.29) is 5.91 Å². The van der Waals surface area contributed by atoms with Gasteiger partial charge in [-0.15, -0.1) is 0 Å². The van der Waals surface area contributed by atoms with E-state index in [2.05, 4.69) is 17.2 Å². The van der Waals surface area contributed by atoms with Gasteiger partial charge < -0.3 is 19.7 Å². The van der Waals surface area contributed by atoms with Crippen LogP contribution in [0.4, 0.5) is 11.4 Å². The number of anilines is 2. The number of carbonyl (C=O) groups is 1. The molecule has 26 heavy (non-hydrogen) atoms. The van der Waals surface area contributed by atoms with Gasteiger partial charge in [0.05, 0.1) is 19.9 Å². The van der Waals surface area contributed by atoms with Crippen molar-refractivity contribution >= 4 is 17.3 Å². The van der Waals surface area contributed by atoms with E-state index in [4.69, 9.17) is 9.47 Å². The number of carbonyl (C=O) groups excluding carboxylic acids is 1. The summed E-state index contributed by atoms with van der Waals surface area (Å²) in [4.78, 5) is 18.9. The maximum atomic E-state index is 12.7. The van der Waals surface area contributed by atoms with E-state index in [1.807, 2.05) is 29.2 Å². The van der Waals surface area contributed by atoms with Crippen LogP contribution in [0.5, 0.6) is 11.5 Å². The minimum atomic E-state index is -0.0118. The number of benzene rings is 1. The Labute approximate surface area is 154 Å². The predicted octanol–water partition coefficient (Wildman–Crippen LogP) is 3.71. The Morgan fingerprint density at radius 2 is 1.92 bits per heavy atom. The van der Waals surface area contributed by atoms with Crippen LogP contribution in [-0.2, 0) is 0 Å². The quantitative estimate of drug-likeness (QED) is 0.886. The van der Waals surface area contributed by atoms with Gasteiger partial charge in [0.1, 0.15) is 17.2 Å². The molecular formula is C20H25N3O3. The molecule has 3 rings (SSSR count). The van der Waals surface area contributed by atoms with Gasteiger partial charge >= 0.3 is 0 Å². The second kappa shape index (κ2) is 8.08. The van der Waals surface area contributed by atoms with Gasteiger partial charge in [0, 0.05) is 31.0 Å². The van der Waals surface area contributed by atoms with E-state index in [1.165, 1.54) is 0 Å². The summed E-state index contributed by atoms with van der Waals surface area (Å²) in [7, 11) is 3.22. The molecule has 1 aliphatic rings. The summed E-state index contributed by atoms with van der Waals surface area (Å²) in [6.07, 6.45) is 3.75. The lowest BCUT2D eigenvalue weighted by atomic mass is 9.99. The first-order valence-electron chi connectivity index (χ1n) is 8.85. The van der Waals surface area contributed by atoms with Crippen LogP contribution >= 0.6 is 0 Å². The van der Waals surface area contributed by atoms with Crippen molar-refractivity contribution in [2.45, 2.75) is 19.8 Å². The van der Waals surface area contributed by atoms with Crippen molar-refractivity contribution in [3.8, 4) is 11.5 Å². The van der Waals surface area contributed by atoms with E-state index in [1.54, 1.807) is 26.5 Å². The molecule has 0 unspecified atom stereocenters. The first-order chi connectivity index (χ1) is 12.6. The topological polar surface area (TPSA) is 63.7 Å². The molecule has 0 atom stereocenters. The lowest BCUT2D eigenvalue weighted by molar-refractivity contribution is 0.0691. The molecule has 1 fully saturated rings. The minimum absolute atomic E-state index is 0.0118. The highest BCUT2D eigenvalue weighted by Gasteiger charge is 2.22. The van der Waals surface area contributed by atoms with Gasteiger partial charge in [0.15, 0.2) is 0 Å². The number of pyridine rings is 1. The largest absolute Gasteiger partial charge is 0.497 e. The van der Waals surface area contributed by atoms with Crippen LogP contribution in [0.25, 0.3) is 0 Å². The van der Waals surface area contributed by atoms with Crippen LogP contribution in [0.1, 0.15) is 30.3 Å². The van der Waals surface area contributed by atoms with Crippen LogP contribution in [0, 0.1) is 5.92 Å². The number of nitrogens with one attached hydrogen (secondary N) is 1. The number of piperidine rings is 1. The highest BCUT2D eigenvalue weighted by atomic mass is 16.5. The molecule has 1 amide bonds. The smallest absolute Gasteiger partial charge is 0.272 e. The summed E-state index contributed by atoms with van der Waals surface area (Å²) >= 11 is 0. The van der Waals surface area contributed by atoms with E-state index in [0.29, 0.717) is 17.4 Å². The molecular weight excluding hydrogens is 330 g/mol. The number of likely N-dealkylation sites (tertiary alicyclic amines) is 1. The summed E-state index contributed by atoms with van der Waals surface area (Å²) in [6, 6.07) is 9.16. The van der Waals surface area contributed by atoms with Crippen molar-refractivity contribution in [2.24, 2.45) is 5.92 Å². The zero-order valence-corrected chi connectivity index (χ0v) is 15.5. The Bertz CT molecular complexity index is 771. The molecule has 1 aliphatic heterocycles. The molecule has 1 saturated heterocycles. The third-order valence-corrected chi connectivity index (χ3v) is 4.74. The molecule has 6 nitrogen and oxygen atoms in total. The Kier molecular flexibility index (Phi) is 5.61. The van der Waals surface area contributed by atoms with Crippen molar-refractivity contribution in [1.82, 2.24) is 9.88 Å². The first kappa shape index (κ1) is 18.0. The molecule has 0 spiro atoms. The average molecular weight is 355 g/mol. The van der Waals surface area contributed by atoms with E-state index in [0.717, 1.165) is 43.1 Å². The minimum Gasteiger partial charge on any atom is -0.497 e. The SMILES string of the molecule is COc1ccc(Nc2ccnc(C(=O)N3CCC(C)CC3)c2)c(OC)c1. The maximum absolute atomic E-state index is 12.7. The monoisotopic (exact) mass is 355 g/mol. The summed E-state index contributed by atoms with van der Waals surface area (Å²) in [6.45, 7) is 3.82. The second-order valence-electron chi connectivity index (χ2n) is 6.60. The van der Waals surface area contributed by atoms with Crippen molar-refractivity contribution < 1.29 is 14.3 Å². The molecule has 0 saturated carbocycles. The normalized spacial score (nSPS) is 14.8. The fraction of sp³-hybridized carbons (Fsp3) is 0.400. The number of ether oxygens (including phenoxy) is 2. The molecule has 1 N–H and O–H groups in total. The molecule has 138 valence electrons. The molecule has 0 radical (unpaired) electrons. The first-order valence-corrected chi connectivity index (χ1v) is 8.85. The number of hydrogen-bond donors (Lipinski definition) is 1. The number of amides is 1. The van der Waals surface area contributed by atoms with Crippen molar-refractivity contribution in [3.63, 3.8) is 0 Å². The highest BCUT2D eigenvalue weighted by Crippen LogP contribution is 2.31. The van der Waals surface area contributed by atoms with Gasteiger partial charge in [-0.3, -0.25) is 9.78 Å². The maximum Gasteiger partial charge on any atom is 0.272 e. The van der Waals surface area contributed by atoms with Crippen molar-refractivity contribution in [3.05, 3.63) is 42.2 Å². The number of aromatic nitrogens is 1. The van der Waals surface area contributed by atoms with Crippen LogP contribution in [0.15, 0.2) is 36.5 Å². The highest BCUT2D eigenvalue weighted by molar-refractivity contribution is 5.93. The Balaban J connectivity index is 1.76. The van der Waals surface area contributed by atoms with Crippen LogP contribution in [0.3, 0.4) is 0 Å². The fourth-order valence-corrected chi connectivity index (χ4v) is 3.06. The zero-order valence-electron chi connectivity index (χ0n) is 15.5.